The molecule has 0 unspecified atom stereocenters. The van der Waals surface area contributed by atoms with Gasteiger partial charge in [-0.1, -0.05) is 0 Å². The fourth-order valence-corrected chi connectivity index (χ4v) is 0.305. The first-order valence-corrected chi connectivity index (χ1v) is 2.93. The zero-order valence-corrected chi connectivity index (χ0v) is 7.32. The Kier molecular flexibility index (Phi) is 6.17. The Labute approximate surface area is 83.0 Å². The predicted octanol–water partition coefficient (Wildman–Crippen LogP) is -0.382. The van der Waals surface area contributed by atoms with E-state index in [4.69, 9.17) is 14.9 Å². The van der Waals surface area contributed by atoms with Gasteiger partial charge in [-0.2, -0.15) is 0 Å². The van der Waals surface area contributed by atoms with Crippen LogP contribution in [-0.2, 0) is 9.09 Å². The molecule has 0 fully saturated rings. The molecule has 0 aliphatic rings. The molecule has 0 aromatic rings. The maximum atomic E-state index is 9.53. The minimum atomic E-state index is -4.82. The number of carboxylic acid groups (broad SMARTS) is 1. The predicted molar refractivity (Wildman–Crippen MR) is 29.1 cm³/mol. The number of hydrogen-bond acceptors (Lipinski definition) is 3. The van der Waals surface area contributed by atoms with Gasteiger partial charge in [0.15, 0.2) is 0 Å². The van der Waals surface area contributed by atoms with Crippen molar-refractivity contribution in [2.24, 2.45) is 0 Å². The van der Waals surface area contributed by atoms with Crippen LogP contribution in [0.25, 0.3) is 0 Å². The van der Waals surface area contributed by atoms with Crippen molar-refractivity contribution in [2.45, 2.75) is 0 Å². The van der Waals surface area contributed by atoms with Gasteiger partial charge in [0.2, 0.25) is 0 Å². The number of phosphoric ester groups is 1. The molecule has 0 rings (SSSR count). The summed E-state index contributed by atoms with van der Waals surface area (Å²) >= 11 is 0. The van der Waals surface area contributed by atoms with Crippen molar-refractivity contribution in [1.82, 2.24) is 0 Å². The van der Waals surface area contributed by atoms with Crippen LogP contribution in [0, 0.1) is 0 Å². The molecule has 0 aliphatic heterocycles. The molecule has 0 spiro atoms. The van der Waals surface area contributed by atoms with Crippen LogP contribution in [0.4, 0.5) is 4.79 Å². The number of phosphoric acid groups is 1. The Morgan fingerprint density at radius 3 is 1.89 bits per heavy atom. The maximum Gasteiger partial charge on any atom is 2.00 e. The molecule has 0 aromatic carbocycles. The molecule has 8 heteroatoms. The van der Waals surface area contributed by atoms with Crippen molar-refractivity contribution in [1.29, 1.82) is 0 Å². The van der Waals surface area contributed by atoms with Gasteiger partial charge in [0.05, 0.1) is 0 Å². The molecule has 0 saturated heterocycles. The van der Waals surface area contributed by atoms with Gasteiger partial charge in [0, 0.05) is 0 Å². The van der Waals surface area contributed by atoms with Crippen LogP contribution in [-0.4, -0.2) is 58.8 Å². The van der Waals surface area contributed by atoms with Gasteiger partial charge in [-0.05, 0) is 0 Å². The fraction of sp³-hybridized carbons (Fsp3) is 0. The second-order valence-electron chi connectivity index (χ2n) is 0.848. The third kappa shape index (κ3) is 12.0. The largest absolute Gasteiger partial charge is 2.00 e. The van der Waals surface area contributed by atoms with E-state index in [1.54, 1.807) is 0 Å². The van der Waals surface area contributed by atoms with Gasteiger partial charge < -0.3 is 12.5 Å². The zero-order chi connectivity index (χ0) is 6.78. The Morgan fingerprint density at radius 2 is 1.89 bits per heavy atom. The third-order valence-corrected chi connectivity index (χ3v) is 0.591. The minimum Gasteiger partial charge on any atom is -1.00 e. The van der Waals surface area contributed by atoms with Crippen LogP contribution < -0.4 is 0 Å². The standard InChI is InChI=1S/CH3O6P.Ca.2H/c2-1(3)7-8(4,5)6;;;/h(H,2,3)(H2,4,5,6);;;/q;+2;2*-1. The summed E-state index contributed by atoms with van der Waals surface area (Å²) in [6.07, 6.45) is -1.99. The first kappa shape index (κ1) is 12.4. The Balaban J connectivity index is -0.0000000817. The van der Waals surface area contributed by atoms with Crippen molar-refractivity contribution in [3.63, 3.8) is 0 Å². The van der Waals surface area contributed by atoms with Gasteiger partial charge in [-0.3, -0.25) is 9.79 Å². The first-order chi connectivity index (χ1) is 3.42. The Bertz CT molecular complexity index is 144. The molecule has 0 radical (unpaired) electrons. The van der Waals surface area contributed by atoms with E-state index in [2.05, 4.69) is 4.52 Å². The smallest absolute Gasteiger partial charge is 1.00 e. The topological polar surface area (TPSA) is 104 Å². The van der Waals surface area contributed by atoms with E-state index in [1.165, 1.54) is 0 Å². The SMILES string of the molecule is O=C(O)OP(=O)(O)O.[Ca+2].[H-].[H-]. The molecule has 0 amide bonds. The van der Waals surface area contributed by atoms with Crippen LogP contribution in [0.2, 0.25) is 0 Å². The molecule has 0 saturated carbocycles. The summed E-state index contributed by atoms with van der Waals surface area (Å²) in [6, 6.07) is 0. The Morgan fingerprint density at radius 1 is 1.56 bits per heavy atom. The van der Waals surface area contributed by atoms with Crippen LogP contribution in [0.5, 0.6) is 0 Å². The fourth-order valence-electron chi connectivity index (χ4n) is 0.102. The molecular weight excluding hydrogens is 179 g/mol. The van der Waals surface area contributed by atoms with Crippen LogP contribution >= 0.6 is 7.82 Å². The minimum absolute atomic E-state index is 0. The van der Waals surface area contributed by atoms with Gasteiger partial charge in [0.25, 0.3) is 0 Å². The van der Waals surface area contributed by atoms with E-state index in [1.807, 2.05) is 0 Å². The molecule has 0 heterocycles. The molecule has 52 valence electrons. The summed E-state index contributed by atoms with van der Waals surface area (Å²) in [4.78, 5) is 24.7. The van der Waals surface area contributed by atoms with Gasteiger partial charge in [-0.25, -0.2) is 9.36 Å². The second-order valence-corrected chi connectivity index (χ2v) is 2.01. The molecule has 0 aliphatic carbocycles. The normalized spacial score (nSPS) is 9.56. The van der Waals surface area contributed by atoms with Crippen molar-refractivity contribution in [2.75, 3.05) is 0 Å². The average molecular weight is 184 g/mol. The molecule has 0 atom stereocenters. The summed E-state index contributed by atoms with van der Waals surface area (Å²) in [7, 11) is -4.82. The van der Waals surface area contributed by atoms with Gasteiger partial charge >= 0.3 is 51.7 Å². The van der Waals surface area contributed by atoms with Crippen molar-refractivity contribution in [3.8, 4) is 0 Å². The summed E-state index contributed by atoms with van der Waals surface area (Å²) in [5, 5.41) is 7.53. The van der Waals surface area contributed by atoms with Crippen molar-refractivity contribution < 1.29 is 31.6 Å². The third-order valence-electron chi connectivity index (χ3n) is 0.197. The average Bonchev–Trinajstić information content (AvgIpc) is 1.21. The summed E-state index contributed by atoms with van der Waals surface area (Å²) in [6.45, 7) is 0. The number of rotatable bonds is 1. The van der Waals surface area contributed by atoms with Gasteiger partial charge in [-0.15, -0.1) is 0 Å². The van der Waals surface area contributed by atoms with E-state index >= 15 is 0 Å². The van der Waals surface area contributed by atoms with E-state index in [9.17, 15) is 9.36 Å². The van der Waals surface area contributed by atoms with Crippen LogP contribution in [0.15, 0.2) is 0 Å². The summed E-state index contributed by atoms with van der Waals surface area (Å²) in [5.41, 5.74) is 0. The van der Waals surface area contributed by atoms with Crippen molar-refractivity contribution in [3.05, 3.63) is 0 Å². The zero-order valence-electron chi connectivity index (χ0n) is 6.22. The first-order valence-electron chi connectivity index (χ1n) is 1.40. The van der Waals surface area contributed by atoms with E-state index in [0.717, 1.165) is 0 Å². The van der Waals surface area contributed by atoms with Gasteiger partial charge in [0.1, 0.15) is 0 Å². The maximum absolute atomic E-state index is 9.53. The number of carbonyl (C=O) groups is 1. The Hall–Kier alpha value is 0.680. The van der Waals surface area contributed by atoms with E-state index in [-0.39, 0.29) is 40.6 Å². The van der Waals surface area contributed by atoms with Crippen molar-refractivity contribution >= 4 is 51.7 Å². The van der Waals surface area contributed by atoms with Crippen LogP contribution in [0.1, 0.15) is 2.85 Å². The molecule has 0 bridgehead atoms. The summed E-state index contributed by atoms with van der Waals surface area (Å²) < 4.78 is 12.6. The van der Waals surface area contributed by atoms with Crippen LogP contribution in [0.3, 0.4) is 0 Å². The molecular formula is CH5CaO6P. The molecule has 6 nitrogen and oxygen atoms in total. The molecule has 3 N–H and O–H groups in total. The quantitative estimate of drug-likeness (QED) is 0.379. The monoisotopic (exact) mass is 184 g/mol. The van der Waals surface area contributed by atoms with E-state index in [0.29, 0.717) is 0 Å². The second kappa shape index (κ2) is 4.49. The molecule has 0 aromatic heterocycles. The van der Waals surface area contributed by atoms with E-state index < -0.39 is 14.0 Å². The molecule has 9 heavy (non-hydrogen) atoms. The number of hydrogen-bond donors (Lipinski definition) is 3. The summed E-state index contributed by atoms with van der Waals surface area (Å²) in [5.74, 6) is 0.